The minimum atomic E-state index is -3.73. The van der Waals surface area contributed by atoms with E-state index in [1.807, 2.05) is 0 Å². The van der Waals surface area contributed by atoms with Crippen molar-refractivity contribution < 1.29 is 8.42 Å². The number of nitrogens with one attached hydrogen (secondary N) is 1. The molecule has 0 unspecified atom stereocenters. The summed E-state index contributed by atoms with van der Waals surface area (Å²) in [6, 6.07) is 4.52. The molecule has 0 saturated carbocycles. The normalized spacial score (nSPS) is 11.3. The number of benzene rings is 1. The number of nitrogens with zero attached hydrogens (tertiary/aromatic N) is 2. The maximum Gasteiger partial charge on any atom is 0.263 e. The summed E-state index contributed by atoms with van der Waals surface area (Å²) in [5.74, 6) is 0.0961. The van der Waals surface area contributed by atoms with Gasteiger partial charge in [-0.15, -0.1) is 0 Å². The van der Waals surface area contributed by atoms with E-state index in [1.54, 1.807) is 13.0 Å². The second kappa shape index (κ2) is 5.32. The fourth-order valence-electron chi connectivity index (χ4n) is 1.47. The number of aryl methyl sites for hydroxylation is 1. The molecule has 0 saturated heterocycles. The van der Waals surface area contributed by atoms with Gasteiger partial charge < -0.3 is 0 Å². The zero-order valence-corrected chi connectivity index (χ0v) is 12.1. The Morgan fingerprint density at radius 2 is 1.89 bits per heavy atom. The molecule has 0 aliphatic heterocycles. The molecule has 2 aromatic rings. The van der Waals surface area contributed by atoms with Crippen LogP contribution in [0.25, 0.3) is 0 Å². The number of aromatic nitrogens is 2. The van der Waals surface area contributed by atoms with Crippen molar-refractivity contribution in [2.45, 2.75) is 11.8 Å². The first-order chi connectivity index (χ1) is 8.88. The Kier molecular flexibility index (Phi) is 3.93. The van der Waals surface area contributed by atoms with Crippen LogP contribution in [0.15, 0.2) is 35.5 Å². The summed E-state index contributed by atoms with van der Waals surface area (Å²) < 4.78 is 26.6. The molecule has 0 amide bonds. The number of anilines is 1. The number of rotatable bonds is 3. The van der Waals surface area contributed by atoms with Crippen LogP contribution >= 0.6 is 23.2 Å². The van der Waals surface area contributed by atoms with Crippen molar-refractivity contribution in [1.29, 1.82) is 0 Å². The van der Waals surface area contributed by atoms with E-state index in [0.717, 1.165) is 0 Å². The van der Waals surface area contributed by atoms with Gasteiger partial charge >= 0.3 is 0 Å². The van der Waals surface area contributed by atoms with E-state index >= 15 is 0 Å². The number of hydrogen-bond acceptors (Lipinski definition) is 4. The van der Waals surface area contributed by atoms with E-state index < -0.39 is 10.0 Å². The molecular weight excluding hydrogens is 309 g/mol. The Morgan fingerprint density at radius 3 is 2.47 bits per heavy atom. The van der Waals surface area contributed by atoms with Gasteiger partial charge in [-0.2, -0.15) is 0 Å². The molecule has 0 atom stereocenters. The van der Waals surface area contributed by atoms with Gasteiger partial charge in [-0.3, -0.25) is 4.72 Å². The van der Waals surface area contributed by atoms with Crippen LogP contribution in [0.2, 0.25) is 10.2 Å². The summed E-state index contributed by atoms with van der Waals surface area (Å²) in [5.41, 5.74) is 0.543. The molecule has 0 fully saturated rings. The summed E-state index contributed by atoms with van der Waals surface area (Å²) in [6.07, 6.45) is 2.50. The van der Waals surface area contributed by atoms with Gasteiger partial charge in [0.05, 0.1) is 17.3 Å². The molecule has 100 valence electrons. The molecule has 5 nitrogen and oxygen atoms in total. The minimum absolute atomic E-state index is 0.0961. The fourth-order valence-corrected chi connectivity index (χ4v) is 3.02. The molecule has 0 aliphatic rings. The molecule has 1 aromatic carbocycles. The summed E-state index contributed by atoms with van der Waals surface area (Å²) in [4.78, 5) is 7.71. The topological polar surface area (TPSA) is 72.0 Å². The van der Waals surface area contributed by atoms with Crippen molar-refractivity contribution in [3.63, 3.8) is 0 Å². The second-order valence-electron chi connectivity index (χ2n) is 3.74. The van der Waals surface area contributed by atoms with Gasteiger partial charge in [-0.05, 0) is 30.7 Å². The predicted molar refractivity (Wildman–Crippen MR) is 74.0 cm³/mol. The summed E-state index contributed by atoms with van der Waals surface area (Å²) in [7, 11) is -3.73. The third-order valence-electron chi connectivity index (χ3n) is 2.29. The second-order valence-corrected chi connectivity index (χ2v) is 6.21. The Labute approximate surface area is 120 Å². The molecule has 1 aromatic heterocycles. The van der Waals surface area contributed by atoms with Crippen molar-refractivity contribution in [2.24, 2.45) is 0 Å². The molecule has 0 radical (unpaired) electrons. The number of halogens is 2. The lowest BCUT2D eigenvalue weighted by Crippen LogP contribution is -2.15. The molecule has 8 heteroatoms. The SMILES string of the molecule is Cc1cc(Cl)ccc1S(=O)(=O)Nc1cnc(Cl)cn1. The molecule has 1 heterocycles. The lowest BCUT2D eigenvalue weighted by Gasteiger charge is -2.09. The maximum atomic E-state index is 12.2. The van der Waals surface area contributed by atoms with E-state index in [-0.39, 0.29) is 15.9 Å². The van der Waals surface area contributed by atoms with Crippen molar-refractivity contribution >= 4 is 39.0 Å². The maximum absolute atomic E-state index is 12.2. The van der Waals surface area contributed by atoms with E-state index in [1.165, 1.54) is 24.5 Å². The largest absolute Gasteiger partial charge is 0.263 e. The average molecular weight is 318 g/mol. The van der Waals surface area contributed by atoms with Crippen LogP contribution in [-0.2, 0) is 10.0 Å². The Bertz CT molecular complexity index is 702. The van der Waals surface area contributed by atoms with Crippen molar-refractivity contribution in [2.75, 3.05) is 4.72 Å². The number of hydrogen-bond donors (Lipinski definition) is 1. The zero-order valence-electron chi connectivity index (χ0n) is 9.76. The molecule has 0 spiro atoms. The highest BCUT2D eigenvalue weighted by Gasteiger charge is 2.17. The van der Waals surface area contributed by atoms with Crippen LogP contribution in [0.1, 0.15) is 5.56 Å². The van der Waals surface area contributed by atoms with Gasteiger partial charge in [0.2, 0.25) is 0 Å². The summed E-state index contributed by atoms with van der Waals surface area (Å²) >= 11 is 11.4. The smallest absolute Gasteiger partial charge is 0.262 e. The highest BCUT2D eigenvalue weighted by Crippen LogP contribution is 2.21. The van der Waals surface area contributed by atoms with Crippen molar-refractivity contribution in [3.05, 3.63) is 46.3 Å². The average Bonchev–Trinajstić information content (AvgIpc) is 2.31. The van der Waals surface area contributed by atoms with Gasteiger partial charge in [0.1, 0.15) is 5.15 Å². The summed E-state index contributed by atoms with van der Waals surface area (Å²) in [6.45, 7) is 1.66. The lowest BCUT2D eigenvalue weighted by atomic mass is 10.2. The quantitative estimate of drug-likeness (QED) is 0.944. The monoisotopic (exact) mass is 317 g/mol. The van der Waals surface area contributed by atoms with Crippen molar-refractivity contribution in [1.82, 2.24) is 9.97 Å². The standard InChI is InChI=1S/C11H9Cl2N3O2S/c1-7-4-8(12)2-3-9(7)19(17,18)16-11-6-14-10(13)5-15-11/h2-6H,1H3,(H,15,16). The molecule has 0 aliphatic carbocycles. The predicted octanol–water partition coefficient (Wildman–Crippen LogP) is 2.89. The zero-order chi connectivity index (χ0) is 14.0. The highest BCUT2D eigenvalue weighted by molar-refractivity contribution is 7.92. The first-order valence-electron chi connectivity index (χ1n) is 5.15. The molecule has 19 heavy (non-hydrogen) atoms. The van der Waals surface area contributed by atoms with Crippen LogP contribution in [0.3, 0.4) is 0 Å². The first-order valence-corrected chi connectivity index (χ1v) is 7.39. The van der Waals surface area contributed by atoms with Gasteiger partial charge in [0, 0.05) is 5.02 Å². The van der Waals surface area contributed by atoms with Gasteiger partial charge in [0.25, 0.3) is 10.0 Å². The van der Waals surface area contributed by atoms with E-state index in [4.69, 9.17) is 23.2 Å². The lowest BCUT2D eigenvalue weighted by molar-refractivity contribution is 0.600. The van der Waals surface area contributed by atoms with Crippen LogP contribution in [0, 0.1) is 6.92 Å². The van der Waals surface area contributed by atoms with Crippen LogP contribution in [0.5, 0.6) is 0 Å². The van der Waals surface area contributed by atoms with E-state index in [9.17, 15) is 8.42 Å². The Hall–Kier alpha value is -1.37. The first kappa shape index (κ1) is 14.0. The molecular formula is C11H9Cl2N3O2S. The van der Waals surface area contributed by atoms with Gasteiger partial charge in [-0.1, -0.05) is 23.2 Å². The number of sulfonamides is 1. The molecule has 0 bridgehead atoms. The van der Waals surface area contributed by atoms with E-state index in [0.29, 0.717) is 10.6 Å². The van der Waals surface area contributed by atoms with Crippen LogP contribution in [-0.4, -0.2) is 18.4 Å². The van der Waals surface area contributed by atoms with Gasteiger partial charge in [0.15, 0.2) is 5.82 Å². The highest BCUT2D eigenvalue weighted by atomic mass is 35.5. The molecule has 2 rings (SSSR count). The Morgan fingerprint density at radius 1 is 1.16 bits per heavy atom. The third-order valence-corrected chi connectivity index (χ3v) is 4.23. The van der Waals surface area contributed by atoms with Crippen LogP contribution < -0.4 is 4.72 Å². The fraction of sp³-hybridized carbons (Fsp3) is 0.0909. The van der Waals surface area contributed by atoms with Crippen LogP contribution in [0.4, 0.5) is 5.82 Å². The summed E-state index contributed by atoms with van der Waals surface area (Å²) in [5, 5.41) is 0.661. The van der Waals surface area contributed by atoms with E-state index in [2.05, 4.69) is 14.7 Å². The van der Waals surface area contributed by atoms with Gasteiger partial charge in [-0.25, -0.2) is 18.4 Å². The molecule has 1 N–H and O–H groups in total. The third kappa shape index (κ3) is 3.34. The van der Waals surface area contributed by atoms with Crippen molar-refractivity contribution in [3.8, 4) is 0 Å². The minimum Gasteiger partial charge on any atom is -0.262 e. The Balaban J connectivity index is 2.35.